The van der Waals surface area contributed by atoms with Crippen LogP contribution in [0.2, 0.25) is 0 Å². The highest BCUT2D eigenvalue weighted by atomic mass is 19.4. The Labute approximate surface area is 158 Å². The summed E-state index contributed by atoms with van der Waals surface area (Å²) < 4.78 is 43.7. The molecule has 7 nitrogen and oxygen atoms in total. The van der Waals surface area contributed by atoms with Crippen LogP contribution in [-0.2, 0) is 6.18 Å². The van der Waals surface area contributed by atoms with Gasteiger partial charge in [-0.2, -0.15) is 13.2 Å². The van der Waals surface area contributed by atoms with E-state index in [1.54, 1.807) is 17.0 Å². The second kappa shape index (κ2) is 8.59. The Bertz CT molecular complexity index is 867. The molecular formula is C18H18F3N3O4. The Balaban J connectivity index is 2.26. The van der Waals surface area contributed by atoms with Gasteiger partial charge in [-0.25, -0.2) is 4.79 Å². The maximum Gasteiger partial charge on any atom is 0.416 e. The Morgan fingerprint density at radius 1 is 1.18 bits per heavy atom. The summed E-state index contributed by atoms with van der Waals surface area (Å²) in [4.78, 5) is 23.8. The van der Waals surface area contributed by atoms with Crippen LogP contribution >= 0.6 is 0 Å². The van der Waals surface area contributed by atoms with Crippen LogP contribution in [0.1, 0.15) is 19.4 Å². The average Bonchev–Trinajstić information content (AvgIpc) is 2.62. The van der Waals surface area contributed by atoms with Gasteiger partial charge in [0.1, 0.15) is 5.75 Å². The molecular weight excluding hydrogens is 379 g/mol. The van der Waals surface area contributed by atoms with Crippen LogP contribution in [0, 0.1) is 10.1 Å². The summed E-state index contributed by atoms with van der Waals surface area (Å²) in [6.07, 6.45) is -4.71. The van der Waals surface area contributed by atoms with Crippen LogP contribution in [-0.4, -0.2) is 28.9 Å². The van der Waals surface area contributed by atoms with Gasteiger partial charge in [-0.1, -0.05) is 6.07 Å². The third-order valence-corrected chi connectivity index (χ3v) is 3.85. The highest BCUT2D eigenvalue weighted by Gasteiger charge is 2.33. The van der Waals surface area contributed by atoms with E-state index in [4.69, 9.17) is 4.74 Å². The standard InChI is InChI=1S/C18H18F3N3O4/c1-3-23(4-2)17(25)22-13-6-5-7-14(11-13)28-16-9-8-12(18(19,20)21)10-15(16)24(26)27/h5-11H,3-4H2,1-2H3,(H,22,25). The lowest BCUT2D eigenvalue weighted by atomic mass is 10.2. The lowest BCUT2D eigenvalue weighted by molar-refractivity contribution is -0.385. The maximum absolute atomic E-state index is 12.8. The first-order valence-electron chi connectivity index (χ1n) is 8.35. The van der Waals surface area contributed by atoms with Gasteiger partial charge in [0, 0.05) is 30.9 Å². The summed E-state index contributed by atoms with van der Waals surface area (Å²) in [5, 5.41) is 13.8. The van der Waals surface area contributed by atoms with Gasteiger partial charge in [-0.3, -0.25) is 10.1 Å². The smallest absolute Gasteiger partial charge is 0.416 e. The molecule has 28 heavy (non-hydrogen) atoms. The Morgan fingerprint density at radius 3 is 2.43 bits per heavy atom. The van der Waals surface area contributed by atoms with E-state index >= 15 is 0 Å². The fourth-order valence-electron chi connectivity index (χ4n) is 2.40. The molecule has 2 aromatic carbocycles. The number of alkyl halides is 3. The van der Waals surface area contributed by atoms with Crippen molar-refractivity contribution in [2.24, 2.45) is 0 Å². The molecule has 0 aromatic heterocycles. The van der Waals surface area contributed by atoms with Gasteiger partial charge in [-0.05, 0) is 38.1 Å². The number of benzene rings is 2. The number of carbonyl (C=O) groups is 1. The van der Waals surface area contributed by atoms with E-state index < -0.39 is 22.4 Å². The van der Waals surface area contributed by atoms with Gasteiger partial charge >= 0.3 is 17.9 Å². The Morgan fingerprint density at radius 2 is 1.86 bits per heavy atom. The van der Waals surface area contributed by atoms with E-state index in [0.29, 0.717) is 30.9 Å². The molecule has 10 heteroatoms. The van der Waals surface area contributed by atoms with Crippen LogP contribution < -0.4 is 10.1 Å². The topological polar surface area (TPSA) is 84.7 Å². The van der Waals surface area contributed by atoms with Crippen LogP contribution in [0.5, 0.6) is 11.5 Å². The van der Waals surface area contributed by atoms with E-state index in [1.807, 2.05) is 13.8 Å². The van der Waals surface area contributed by atoms with Gasteiger partial charge < -0.3 is 15.0 Å². The molecule has 0 bridgehead atoms. The molecule has 0 heterocycles. The van der Waals surface area contributed by atoms with Crippen molar-refractivity contribution in [3.8, 4) is 11.5 Å². The number of rotatable bonds is 6. The second-order valence-corrected chi connectivity index (χ2v) is 5.67. The molecule has 0 saturated heterocycles. The lowest BCUT2D eigenvalue weighted by Gasteiger charge is -2.19. The molecule has 0 aliphatic heterocycles. The van der Waals surface area contributed by atoms with Crippen molar-refractivity contribution in [1.82, 2.24) is 4.90 Å². The van der Waals surface area contributed by atoms with E-state index in [9.17, 15) is 28.1 Å². The number of nitrogens with zero attached hydrogens (tertiary/aromatic N) is 2. The molecule has 0 aliphatic carbocycles. The first kappa shape index (κ1) is 21.0. The number of nitrogens with one attached hydrogen (secondary N) is 1. The summed E-state index contributed by atoms with van der Waals surface area (Å²) >= 11 is 0. The molecule has 150 valence electrons. The summed E-state index contributed by atoms with van der Waals surface area (Å²) in [5.41, 5.74) is -1.58. The van der Waals surface area contributed by atoms with Crippen molar-refractivity contribution in [1.29, 1.82) is 0 Å². The number of nitro benzene ring substituents is 1. The van der Waals surface area contributed by atoms with Gasteiger partial charge in [0.15, 0.2) is 0 Å². The molecule has 0 spiro atoms. The predicted molar refractivity (Wildman–Crippen MR) is 96.6 cm³/mol. The molecule has 0 saturated carbocycles. The number of ether oxygens (including phenoxy) is 1. The fraction of sp³-hybridized carbons (Fsp3) is 0.278. The number of carbonyl (C=O) groups excluding carboxylic acids is 1. The van der Waals surface area contributed by atoms with Crippen molar-refractivity contribution in [2.75, 3.05) is 18.4 Å². The van der Waals surface area contributed by atoms with Crippen LogP contribution in [0.15, 0.2) is 42.5 Å². The molecule has 2 aromatic rings. The zero-order valence-electron chi connectivity index (χ0n) is 15.1. The van der Waals surface area contributed by atoms with Crippen LogP contribution in [0.3, 0.4) is 0 Å². The number of amides is 2. The monoisotopic (exact) mass is 397 g/mol. The molecule has 0 aliphatic rings. The van der Waals surface area contributed by atoms with E-state index in [2.05, 4.69) is 5.32 Å². The third-order valence-electron chi connectivity index (χ3n) is 3.85. The zero-order chi connectivity index (χ0) is 20.9. The fourth-order valence-corrected chi connectivity index (χ4v) is 2.40. The van der Waals surface area contributed by atoms with Gasteiger partial charge in [0.25, 0.3) is 0 Å². The van der Waals surface area contributed by atoms with Crippen molar-refractivity contribution in [2.45, 2.75) is 20.0 Å². The molecule has 0 unspecified atom stereocenters. The minimum atomic E-state index is -4.71. The third kappa shape index (κ3) is 5.12. The van der Waals surface area contributed by atoms with Gasteiger partial charge in [0.2, 0.25) is 5.75 Å². The predicted octanol–water partition coefficient (Wildman–Crippen LogP) is 5.28. The highest BCUT2D eigenvalue weighted by Crippen LogP contribution is 2.38. The maximum atomic E-state index is 12.8. The number of anilines is 1. The first-order valence-corrected chi connectivity index (χ1v) is 8.35. The first-order chi connectivity index (χ1) is 13.2. The van der Waals surface area contributed by atoms with Crippen LogP contribution in [0.4, 0.5) is 29.3 Å². The van der Waals surface area contributed by atoms with Crippen molar-refractivity contribution >= 4 is 17.4 Å². The summed E-state index contributed by atoms with van der Waals surface area (Å²) in [7, 11) is 0. The number of halogens is 3. The Kier molecular flexibility index (Phi) is 6.45. The quantitative estimate of drug-likeness (QED) is 0.531. The molecule has 0 fully saturated rings. The second-order valence-electron chi connectivity index (χ2n) is 5.67. The molecule has 2 rings (SSSR count). The Hall–Kier alpha value is -3.30. The van der Waals surface area contributed by atoms with Gasteiger partial charge in [-0.15, -0.1) is 0 Å². The SMILES string of the molecule is CCN(CC)C(=O)Nc1cccc(Oc2ccc(C(F)(F)F)cc2[N+](=O)[O-])c1. The van der Waals surface area contributed by atoms with Crippen molar-refractivity contribution in [3.63, 3.8) is 0 Å². The van der Waals surface area contributed by atoms with Crippen LogP contribution in [0.25, 0.3) is 0 Å². The summed E-state index contributed by atoms with van der Waals surface area (Å²) in [6.45, 7) is 4.67. The largest absolute Gasteiger partial charge is 0.450 e. The van der Waals surface area contributed by atoms with E-state index in [0.717, 1.165) is 6.07 Å². The molecule has 1 N–H and O–H groups in total. The van der Waals surface area contributed by atoms with Gasteiger partial charge in [0.05, 0.1) is 10.5 Å². The molecule has 2 amide bonds. The number of hydrogen-bond donors (Lipinski definition) is 1. The number of hydrogen-bond acceptors (Lipinski definition) is 4. The van der Waals surface area contributed by atoms with E-state index in [-0.39, 0.29) is 17.5 Å². The van der Waals surface area contributed by atoms with E-state index in [1.165, 1.54) is 12.1 Å². The van der Waals surface area contributed by atoms with Crippen molar-refractivity contribution in [3.05, 3.63) is 58.1 Å². The minimum Gasteiger partial charge on any atom is -0.450 e. The summed E-state index contributed by atoms with van der Waals surface area (Å²) in [5.74, 6) is -0.217. The van der Waals surface area contributed by atoms with Crippen molar-refractivity contribution < 1.29 is 27.6 Å². The molecule has 0 radical (unpaired) electrons. The lowest BCUT2D eigenvalue weighted by Crippen LogP contribution is -2.34. The molecule has 0 atom stereocenters. The number of urea groups is 1. The zero-order valence-corrected chi connectivity index (χ0v) is 15.1. The highest BCUT2D eigenvalue weighted by molar-refractivity contribution is 5.89. The average molecular weight is 397 g/mol. The normalized spacial score (nSPS) is 11.0. The number of nitro groups is 1. The summed E-state index contributed by atoms with van der Waals surface area (Å²) in [6, 6.07) is 7.70. The minimum absolute atomic E-state index is 0.125.